The number of anilines is 1. The number of fused-ring (bicyclic) bond motifs is 1. The number of aryl methyl sites for hydroxylation is 1. The molecular formula is C23H31N3O2. The van der Waals surface area contributed by atoms with E-state index in [1.165, 1.54) is 5.56 Å². The van der Waals surface area contributed by atoms with Gasteiger partial charge in [-0.15, -0.1) is 0 Å². The first-order valence-electron chi connectivity index (χ1n) is 9.72. The minimum Gasteiger partial charge on any atom is -0.496 e. The van der Waals surface area contributed by atoms with Gasteiger partial charge in [0.2, 0.25) is 0 Å². The number of hydrogen-bond donors (Lipinski definition) is 2. The summed E-state index contributed by atoms with van der Waals surface area (Å²) in [5, 5.41) is 4.15. The fraction of sp³-hybridized carbons (Fsp3) is 0.348. The second-order valence-corrected chi connectivity index (χ2v) is 6.51. The van der Waals surface area contributed by atoms with E-state index in [1.54, 1.807) is 26.1 Å². The third-order valence-corrected chi connectivity index (χ3v) is 4.62. The molecule has 5 heteroatoms. The van der Waals surface area contributed by atoms with Gasteiger partial charge in [0.25, 0.3) is 5.91 Å². The van der Waals surface area contributed by atoms with E-state index in [-0.39, 0.29) is 5.91 Å². The number of benzene rings is 2. The van der Waals surface area contributed by atoms with Crippen LogP contribution in [0.25, 0.3) is 22.0 Å². The monoisotopic (exact) mass is 381 g/mol. The molecule has 0 aliphatic rings. The van der Waals surface area contributed by atoms with Crippen LogP contribution in [0.2, 0.25) is 0 Å². The van der Waals surface area contributed by atoms with E-state index >= 15 is 0 Å². The topological polar surface area (TPSA) is 57.4 Å². The number of H-pyrrole nitrogens is 1. The molecule has 3 aromatic rings. The number of nitrogens with zero attached hydrogens (tertiary/aromatic N) is 1. The second-order valence-electron chi connectivity index (χ2n) is 6.51. The molecule has 3 rings (SSSR count). The molecule has 0 aliphatic carbocycles. The highest BCUT2D eigenvalue weighted by Gasteiger charge is 2.17. The molecule has 150 valence electrons. The molecule has 0 bridgehead atoms. The molecule has 28 heavy (non-hydrogen) atoms. The van der Waals surface area contributed by atoms with Gasteiger partial charge in [-0.3, -0.25) is 4.79 Å². The summed E-state index contributed by atoms with van der Waals surface area (Å²) < 4.78 is 5.63. The lowest BCUT2D eigenvalue weighted by Gasteiger charge is -2.13. The summed E-state index contributed by atoms with van der Waals surface area (Å²) in [6, 6.07) is 12.3. The Bertz CT molecular complexity index is 958. The van der Waals surface area contributed by atoms with Gasteiger partial charge in [0.05, 0.1) is 7.11 Å². The maximum Gasteiger partial charge on any atom is 0.269 e. The van der Waals surface area contributed by atoms with Crippen molar-refractivity contribution in [3.05, 3.63) is 47.7 Å². The Morgan fingerprint density at radius 2 is 1.82 bits per heavy atom. The van der Waals surface area contributed by atoms with Crippen molar-refractivity contribution in [1.82, 2.24) is 9.88 Å². The Balaban J connectivity index is 0.00000136. The normalized spacial score (nSPS) is 10.2. The smallest absolute Gasteiger partial charge is 0.269 e. The summed E-state index contributed by atoms with van der Waals surface area (Å²) >= 11 is 0. The van der Waals surface area contributed by atoms with E-state index in [0.717, 1.165) is 39.9 Å². The molecule has 0 spiro atoms. The highest BCUT2D eigenvalue weighted by Crippen LogP contribution is 2.38. The van der Waals surface area contributed by atoms with Gasteiger partial charge in [0, 0.05) is 49.4 Å². The molecule has 0 radical (unpaired) electrons. The molecule has 1 heterocycles. The lowest BCUT2D eigenvalue weighted by Crippen LogP contribution is -2.21. The van der Waals surface area contributed by atoms with Gasteiger partial charge in [0.1, 0.15) is 11.4 Å². The molecule has 1 aromatic heterocycles. The Morgan fingerprint density at radius 3 is 2.39 bits per heavy atom. The number of aromatic nitrogens is 1. The lowest BCUT2D eigenvalue weighted by molar-refractivity contribution is 0.0823. The van der Waals surface area contributed by atoms with Crippen molar-refractivity contribution in [2.75, 3.05) is 33.6 Å². The zero-order chi connectivity index (χ0) is 20.8. The van der Waals surface area contributed by atoms with Crippen molar-refractivity contribution in [2.24, 2.45) is 0 Å². The number of methoxy groups -OCH3 is 1. The lowest BCUT2D eigenvalue weighted by atomic mass is 9.97. The molecule has 0 atom stereocenters. The Kier molecular flexibility index (Phi) is 7.10. The average molecular weight is 382 g/mol. The minimum atomic E-state index is -0.0392. The van der Waals surface area contributed by atoms with Crippen LogP contribution in [-0.4, -0.2) is 44.0 Å². The molecule has 0 unspecified atom stereocenters. The fourth-order valence-electron chi connectivity index (χ4n) is 3.15. The first-order chi connectivity index (χ1) is 13.5. The van der Waals surface area contributed by atoms with Crippen LogP contribution in [-0.2, 0) is 6.42 Å². The van der Waals surface area contributed by atoms with Crippen molar-refractivity contribution in [3.8, 4) is 16.9 Å². The molecule has 0 aliphatic heterocycles. The van der Waals surface area contributed by atoms with E-state index in [0.29, 0.717) is 5.69 Å². The summed E-state index contributed by atoms with van der Waals surface area (Å²) in [5.74, 6) is 0.760. The highest BCUT2D eigenvalue weighted by molar-refractivity contribution is 6.04. The molecule has 2 aromatic carbocycles. The third-order valence-electron chi connectivity index (χ3n) is 4.62. The molecule has 0 saturated heterocycles. The summed E-state index contributed by atoms with van der Waals surface area (Å²) in [6.07, 6.45) is 0.913. The largest absolute Gasteiger partial charge is 0.496 e. The van der Waals surface area contributed by atoms with Gasteiger partial charge in [0.15, 0.2) is 0 Å². The number of amides is 1. The fourth-order valence-corrected chi connectivity index (χ4v) is 3.15. The summed E-state index contributed by atoms with van der Waals surface area (Å²) in [5.41, 5.74) is 5.82. The van der Waals surface area contributed by atoms with Crippen molar-refractivity contribution < 1.29 is 9.53 Å². The third kappa shape index (κ3) is 4.14. The molecule has 0 saturated carbocycles. The predicted octanol–water partition coefficient (Wildman–Crippen LogP) is 5.18. The van der Waals surface area contributed by atoms with Gasteiger partial charge in [-0.05, 0) is 41.8 Å². The van der Waals surface area contributed by atoms with E-state index < -0.39 is 0 Å². The van der Waals surface area contributed by atoms with Crippen LogP contribution >= 0.6 is 0 Å². The Morgan fingerprint density at radius 1 is 1.11 bits per heavy atom. The zero-order valence-electron chi connectivity index (χ0n) is 17.9. The van der Waals surface area contributed by atoms with E-state index in [1.807, 2.05) is 39.1 Å². The van der Waals surface area contributed by atoms with Gasteiger partial charge in [-0.25, -0.2) is 0 Å². The molecule has 2 N–H and O–H groups in total. The quantitative estimate of drug-likeness (QED) is 0.640. The van der Waals surface area contributed by atoms with Crippen molar-refractivity contribution in [1.29, 1.82) is 0 Å². The van der Waals surface area contributed by atoms with Crippen molar-refractivity contribution >= 4 is 22.5 Å². The van der Waals surface area contributed by atoms with Gasteiger partial charge < -0.3 is 19.9 Å². The molecular weight excluding hydrogens is 350 g/mol. The first kappa shape index (κ1) is 21.4. The number of ether oxygens (including phenoxy) is 1. The van der Waals surface area contributed by atoms with Crippen LogP contribution in [0.1, 0.15) is 36.8 Å². The number of aromatic amines is 1. The van der Waals surface area contributed by atoms with E-state index in [9.17, 15) is 4.79 Å². The van der Waals surface area contributed by atoms with Gasteiger partial charge in [-0.2, -0.15) is 0 Å². The number of carbonyl (C=O) groups excluding carboxylic acids is 1. The van der Waals surface area contributed by atoms with Crippen LogP contribution < -0.4 is 10.1 Å². The highest BCUT2D eigenvalue weighted by atomic mass is 16.5. The van der Waals surface area contributed by atoms with Gasteiger partial charge in [-0.1, -0.05) is 26.8 Å². The zero-order valence-corrected chi connectivity index (χ0v) is 17.9. The Hall–Kier alpha value is -2.95. The number of rotatable bonds is 5. The molecule has 1 amide bonds. The number of nitrogens with one attached hydrogen (secondary N) is 2. The molecule has 0 fully saturated rings. The standard InChI is InChI=1S/C21H25N3O2.C2H6/c1-6-13-9-16(15-8-7-14(22-2)11-20(15)26-5)17-12-19(21(25)24(3)4)23-18(17)10-13;1-2/h7-12,22-23H,6H2,1-5H3;1-2H3. The SMILES string of the molecule is CC.CCc1cc(-c2ccc(NC)cc2OC)c2cc(C(=O)N(C)C)[nH]c2c1. The van der Waals surface area contributed by atoms with E-state index in [2.05, 4.69) is 35.4 Å². The maximum atomic E-state index is 12.4. The summed E-state index contributed by atoms with van der Waals surface area (Å²) in [4.78, 5) is 17.2. The number of hydrogen-bond acceptors (Lipinski definition) is 3. The summed E-state index contributed by atoms with van der Waals surface area (Å²) in [7, 11) is 7.07. The average Bonchev–Trinajstić information content (AvgIpc) is 3.17. The van der Waals surface area contributed by atoms with Crippen LogP contribution in [0.3, 0.4) is 0 Å². The molecule has 5 nitrogen and oxygen atoms in total. The minimum absolute atomic E-state index is 0.0392. The summed E-state index contributed by atoms with van der Waals surface area (Å²) in [6.45, 7) is 6.13. The van der Waals surface area contributed by atoms with Crippen molar-refractivity contribution in [3.63, 3.8) is 0 Å². The van der Waals surface area contributed by atoms with Crippen LogP contribution in [0, 0.1) is 0 Å². The van der Waals surface area contributed by atoms with Crippen LogP contribution in [0.4, 0.5) is 5.69 Å². The Labute approximate surface area is 167 Å². The second kappa shape index (κ2) is 9.31. The first-order valence-corrected chi connectivity index (χ1v) is 9.72. The van der Waals surface area contributed by atoms with Crippen LogP contribution in [0.15, 0.2) is 36.4 Å². The van der Waals surface area contributed by atoms with Crippen molar-refractivity contribution in [2.45, 2.75) is 27.2 Å². The maximum absolute atomic E-state index is 12.4. The van der Waals surface area contributed by atoms with E-state index in [4.69, 9.17) is 4.74 Å². The van der Waals surface area contributed by atoms with Gasteiger partial charge >= 0.3 is 0 Å². The predicted molar refractivity (Wildman–Crippen MR) is 119 cm³/mol. The van der Waals surface area contributed by atoms with Crippen LogP contribution in [0.5, 0.6) is 5.75 Å². The number of carbonyl (C=O) groups is 1.